The molecule has 1 heterocycles. The van der Waals surface area contributed by atoms with Crippen LogP contribution in [-0.4, -0.2) is 24.7 Å². The molecule has 0 saturated heterocycles. The number of likely N-dealkylation sites (N-methyl/N-ethyl adjacent to an activating group) is 1. The zero-order valence-electron chi connectivity index (χ0n) is 9.14. The molecule has 0 atom stereocenters. The molecule has 1 aromatic rings. The Labute approximate surface area is 102 Å². The van der Waals surface area contributed by atoms with Crippen LogP contribution in [0.15, 0.2) is 12.3 Å². The van der Waals surface area contributed by atoms with Crippen LogP contribution in [0.5, 0.6) is 5.88 Å². The van der Waals surface area contributed by atoms with Gasteiger partial charge in [-0.3, -0.25) is 0 Å². The van der Waals surface area contributed by atoms with E-state index in [1.54, 1.807) is 0 Å². The molecule has 0 bridgehead atoms. The van der Waals surface area contributed by atoms with E-state index in [9.17, 15) is 13.2 Å². The third kappa shape index (κ3) is 4.40. The van der Waals surface area contributed by atoms with Crippen molar-refractivity contribution in [3.8, 4) is 5.88 Å². The first kappa shape index (κ1) is 14.1. The smallest absolute Gasteiger partial charge is 0.417 e. The number of alkyl halides is 3. The maximum absolute atomic E-state index is 12.3. The molecule has 1 N–H and O–H groups in total. The van der Waals surface area contributed by atoms with Crippen LogP contribution < -0.4 is 10.1 Å². The number of hydrogen-bond acceptors (Lipinski definition) is 3. The Hall–Kier alpha value is -1.01. The summed E-state index contributed by atoms with van der Waals surface area (Å²) in [6.07, 6.45) is -3.74. The molecule has 0 saturated carbocycles. The van der Waals surface area contributed by atoms with Crippen molar-refractivity contribution in [3.05, 3.63) is 22.8 Å². The lowest BCUT2D eigenvalue weighted by Crippen LogP contribution is -2.20. The number of aromatic nitrogens is 1. The number of hydrogen-bond donors (Lipinski definition) is 1. The zero-order chi connectivity index (χ0) is 12.9. The van der Waals surface area contributed by atoms with Gasteiger partial charge >= 0.3 is 6.18 Å². The number of rotatable bonds is 5. The van der Waals surface area contributed by atoms with E-state index in [1.165, 1.54) is 0 Å². The molecule has 96 valence electrons. The Kier molecular flexibility index (Phi) is 5.02. The van der Waals surface area contributed by atoms with E-state index in [4.69, 9.17) is 16.3 Å². The van der Waals surface area contributed by atoms with Gasteiger partial charge in [0.1, 0.15) is 11.6 Å². The van der Waals surface area contributed by atoms with Gasteiger partial charge in [-0.05, 0) is 12.6 Å². The highest BCUT2D eigenvalue weighted by molar-refractivity contribution is 6.31. The van der Waals surface area contributed by atoms with E-state index in [0.29, 0.717) is 19.3 Å². The Morgan fingerprint density at radius 2 is 2.18 bits per heavy atom. The molecule has 0 fully saturated rings. The van der Waals surface area contributed by atoms with Gasteiger partial charge in [-0.1, -0.05) is 18.5 Å². The lowest BCUT2D eigenvalue weighted by atomic mass is 10.3. The topological polar surface area (TPSA) is 34.1 Å². The van der Waals surface area contributed by atoms with E-state index in [0.717, 1.165) is 12.6 Å². The maximum Gasteiger partial charge on any atom is 0.417 e. The van der Waals surface area contributed by atoms with Crippen LogP contribution in [0, 0.1) is 0 Å². The van der Waals surface area contributed by atoms with Crippen LogP contribution in [0.2, 0.25) is 5.02 Å². The minimum atomic E-state index is -4.45. The molecule has 0 amide bonds. The van der Waals surface area contributed by atoms with Crippen molar-refractivity contribution in [3.63, 3.8) is 0 Å². The first-order valence-electron chi connectivity index (χ1n) is 5.01. The summed E-state index contributed by atoms with van der Waals surface area (Å²) in [6, 6.07) is 0.803. The van der Waals surface area contributed by atoms with E-state index < -0.39 is 11.7 Å². The summed E-state index contributed by atoms with van der Waals surface area (Å²) < 4.78 is 42.0. The monoisotopic (exact) mass is 268 g/mol. The Bertz CT molecular complexity index is 371. The number of ether oxygens (including phenoxy) is 1. The van der Waals surface area contributed by atoms with Gasteiger partial charge in [0.15, 0.2) is 0 Å². The lowest BCUT2D eigenvalue weighted by Gasteiger charge is -2.10. The third-order valence-electron chi connectivity index (χ3n) is 1.90. The third-order valence-corrected chi connectivity index (χ3v) is 2.17. The number of halogens is 4. The molecule has 0 radical (unpaired) electrons. The fraction of sp³-hybridized carbons (Fsp3) is 0.500. The second-order valence-corrected chi connectivity index (χ2v) is 3.62. The largest absolute Gasteiger partial charge is 0.475 e. The van der Waals surface area contributed by atoms with Crippen molar-refractivity contribution in [2.24, 2.45) is 0 Å². The van der Waals surface area contributed by atoms with E-state index in [-0.39, 0.29) is 10.9 Å². The molecule has 0 unspecified atom stereocenters. The van der Waals surface area contributed by atoms with Crippen LogP contribution in [0.4, 0.5) is 13.2 Å². The molecule has 0 aromatic carbocycles. The molecule has 7 heteroatoms. The molecule has 0 aliphatic rings. The van der Waals surface area contributed by atoms with Gasteiger partial charge in [0.25, 0.3) is 0 Å². The Morgan fingerprint density at radius 1 is 1.47 bits per heavy atom. The second-order valence-electron chi connectivity index (χ2n) is 3.21. The van der Waals surface area contributed by atoms with Crippen molar-refractivity contribution in [1.82, 2.24) is 10.3 Å². The quantitative estimate of drug-likeness (QED) is 0.834. The Morgan fingerprint density at radius 3 is 2.71 bits per heavy atom. The molecule has 0 spiro atoms. The molecule has 17 heavy (non-hydrogen) atoms. The summed E-state index contributed by atoms with van der Waals surface area (Å²) in [6.45, 7) is 3.60. The van der Waals surface area contributed by atoms with Gasteiger partial charge < -0.3 is 10.1 Å². The standard InChI is InChI=1S/C10H12ClF3N2O/c1-2-15-3-4-17-9-8(11)5-7(6-16-9)10(12,13)14/h5-6,15H,2-4H2,1H3. The molecular formula is C10H12ClF3N2O. The van der Waals surface area contributed by atoms with Crippen molar-refractivity contribution < 1.29 is 17.9 Å². The average molecular weight is 269 g/mol. The van der Waals surface area contributed by atoms with E-state index in [1.807, 2.05) is 6.92 Å². The van der Waals surface area contributed by atoms with E-state index >= 15 is 0 Å². The van der Waals surface area contributed by atoms with Gasteiger partial charge in [-0.25, -0.2) is 4.98 Å². The highest BCUT2D eigenvalue weighted by atomic mass is 35.5. The molecule has 0 aliphatic carbocycles. The predicted molar refractivity (Wildman–Crippen MR) is 58.3 cm³/mol. The van der Waals surface area contributed by atoms with Gasteiger partial charge in [-0.2, -0.15) is 13.2 Å². The fourth-order valence-electron chi connectivity index (χ4n) is 1.08. The highest BCUT2D eigenvalue weighted by Gasteiger charge is 2.31. The van der Waals surface area contributed by atoms with Crippen molar-refractivity contribution in [2.75, 3.05) is 19.7 Å². The number of pyridine rings is 1. The van der Waals surface area contributed by atoms with Crippen LogP contribution in [0.1, 0.15) is 12.5 Å². The van der Waals surface area contributed by atoms with Crippen molar-refractivity contribution in [1.29, 1.82) is 0 Å². The highest BCUT2D eigenvalue weighted by Crippen LogP contribution is 2.32. The van der Waals surface area contributed by atoms with Crippen LogP contribution in [0.3, 0.4) is 0 Å². The zero-order valence-corrected chi connectivity index (χ0v) is 9.90. The van der Waals surface area contributed by atoms with Crippen LogP contribution in [-0.2, 0) is 6.18 Å². The molecule has 1 aromatic heterocycles. The molecule has 3 nitrogen and oxygen atoms in total. The first-order chi connectivity index (χ1) is 7.95. The van der Waals surface area contributed by atoms with Gasteiger partial charge in [-0.15, -0.1) is 0 Å². The summed E-state index contributed by atoms with van der Waals surface area (Å²) in [5.41, 5.74) is -0.887. The first-order valence-corrected chi connectivity index (χ1v) is 5.39. The summed E-state index contributed by atoms with van der Waals surface area (Å²) in [5, 5.41) is 2.86. The van der Waals surface area contributed by atoms with Gasteiger partial charge in [0.05, 0.1) is 5.56 Å². The molecule has 0 aliphatic heterocycles. The van der Waals surface area contributed by atoms with Crippen LogP contribution >= 0.6 is 11.6 Å². The van der Waals surface area contributed by atoms with Gasteiger partial charge in [0.2, 0.25) is 5.88 Å². The minimum Gasteiger partial charge on any atom is -0.475 e. The lowest BCUT2D eigenvalue weighted by molar-refractivity contribution is -0.137. The summed E-state index contributed by atoms with van der Waals surface area (Å²) in [7, 11) is 0. The van der Waals surface area contributed by atoms with Crippen molar-refractivity contribution >= 4 is 11.6 Å². The number of nitrogens with zero attached hydrogens (tertiary/aromatic N) is 1. The summed E-state index contributed by atoms with van der Waals surface area (Å²) >= 11 is 5.64. The minimum absolute atomic E-state index is 0.0116. The average Bonchev–Trinajstić information content (AvgIpc) is 2.24. The normalized spacial score (nSPS) is 11.6. The predicted octanol–water partition coefficient (Wildman–Crippen LogP) is 2.74. The SMILES string of the molecule is CCNCCOc1ncc(C(F)(F)F)cc1Cl. The second kappa shape index (κ2) is 6.07. The van der Waals surface area contributed by atoms with Crippen LogP contribution in [0.25, 0.3) is 0 Å². The number of nitrogens with one attached hydrogen (secondary N) is 1. The molecular weight excluding hydrogens is 257 g/mol. The maximum atomic E-state index is 12.3. The molecule has 1 rings (SSSR count). The summed E-state index contributed by atoms with van der Waals surface area (Å²) in [5.74, 6) is 0.0116. The summed E-state index contributed by atoms with van der Waals surface area (Å²) in [4.78, 5) is 3.54. The van der Waals surface area contributed by atoms with Crippen molar-refractivity contribution in [2.45, 2.75) is 13.1 Å². The van der Waals surface area contributed by atoms with E-state index in [2.05, 4.69) is 10.3 Å². The Balaban J connectivity index is 2.64. The fourth-order valence-corrected chi connectivity index (χ4v) is 1.30. The van der Waals surface area contributed by atoms with Gasteiger partial charge in [0, 0.05) is 12.7 Å².